The van der Waals surface area contributed by atoms with Crippen molar-refractivity contribution in [3.63, 3.8) is 0 Å². The van der Waals surface area contributed by atoms with Crippen molar-refractivity contribution in [3.05, 3.63) is 34.2 Å². The summed E-state index contributed by atoms with van der Waals surface area (Å²) in [6.07, 6.45) is 2.61. The van der Waals surface area contributed by atoms with Crippen LogP contribution in [0, 0.1) is 0 Å². The number of aromatic amines is 1. The number of nitrogens with one attached hydrogen (secondary N) is 2. The van der Waals surface area contributed by atoms with E-state index in [2.05, 4.69) is 10.3 Å². The molecule has 1 rings (SSSR count). The van der Waals surface area contributed by atoms with Crippen LogP contribution >= 0.6 is 0 Å². The van der Waals surface area contributed by atoms with Crippen LogP contribution in [-0.4, -0.2) is 28.0 Å². The van der Waals surface area contributed by atoms with Crippen molar-refractivity contribution >= 4 is 11.9 Å². The van der Waals surface area contributed by atoms with Crippen LogP contribution in [0.15, 0.2) is 23.1 Å². The van der Waals surface area contributed by atoms with Gasteiger partial charge in [-0.15, -0.1) is 0 Å². The maximum absolute atomic E-state index is 11.8. The smallest absolute Gasteiger partial charge is 0.305 e. The van der Waals surface area contributed by atoms with E-state index in [1.54, 1.807) is 0 Å². The van der Waals surface area contributed by atoms with Crippen molar-refractivity contribution in [1.29, 1.82) is 0 Å². The van der Waals surface area contributed by atoms with Crippen molar-refractivity contribution < 1.29 is 14.7 Å². The third kappa shape index (κ3) is 4.40. The Balaban J connectivity index is 2.71. The molecule has 98 valence electrons. The van der Waals surface area contributed by atoms with Gasteiger partial charge in [0.2, 0.25) is 5.56 Å². The molecule has 6 nitrogen and oxygen atoms in total. The molecule has 3 N–H and O–H groups in total. The second kappa shape index (κ2) is 6.58. The number of aliphatic carboxylic acids is 1. The van der Waals surface area contributed by atoms with E-state index in [0.717, 1.165) is 6.42 Å². The summed E-state index contributed by atoms with van der Waals surface area (Å²) in [6.45, 7) is 1.91. The molecular formula is C12H16N2O4. The third-order valence-corrected chi connectivity index (χ3v) is 2.43. The lowest BCUT2D eigenvalue weighted by atomic mass is 10.1. The number of carboxylic acid groups (broad SMARTS) is 1. The third-order valence-electron chi connectivity index (χ3n) is 2.43. The van der Waals surface area contributed by atoms with Gasteiger partial charge in [-0.2, -0.15) is 0 Å². The summed E-state index contributed by atoms with van der Waals surface area (Å²) in [7, 11) is 0. The van der Waals surface area contributed by atoms with Crippen LogP contribution in [0.2, 0.25) is 0 Å². The van der Waals surface area contributed by atoms with E-state index in [1.807, 2.05) is 6.92 Å². The molecule has 1 unspecified atom stereocenters. The van der Waals surface area contributed by atoms with Crippen LogP contribution in [-0.2, 0) is 4.79 Å². The first-order valence-corrected chi connectivity index (χ1v) is 5.74. The topological polar surface area (TPSA) is 99.3 Å². The SMILES string of the molecule is CCCC(CC(=O)O)NC(=O)c1cc[nH]c(=O)c1. The molecule has 0 spiro atoms. The molecule has 0 aliphatic carbocycles. The van der Waals surface area contributed by atoms with Crippen LogP contribution in [0.5, 0.6) is 0 Å². The second-order valence-corrected chi connectivity index (χ2v) is 4.00. The fraction of sp³-hybridized carbons (Fsp3) is 0.417. The first-order chi connectivity index (χ1) is 8.52. The number of rotatable bonds is 6. The molecule has 0 bridgehead atoms. The fourth-order valence-electron chi connectivity index (χ4n) is 1.64. The van der Waals surface area contributed by atoms with Crippen molar-refractivity contribution in [2.75, 3.05) is 0 Å². The molecule has 0 aromatic carbocycles. The van der Waals surface area contributed by atoms with Gasteiger partial charge in [0.1, 0.15) is 0 Å². The highest BCUT2D eigenvalue weighted by Gasteiger charge is 2.16. The lowest BCUT2D eigenvalue weighted by Gasteiger charge is -2.15. The zero-order chi connectivity index (χ0) is 13.5. The Kier molecular flexibility index (Phi) is 5.10. The quantitative estimate of drug-likeness (QED) is 0.695. The van der Waals surface area contributed by atoms with Crippen LogP contribution in [0.1, 0.15) is 36.5 Å². The van der Waals surface area contributed by atoms with Gasteiger partial charge in [0, 0.05) is 23.9 Å². The number of hydrogen-bond donors (Lipinski definition) is 3. The number of aromatic nitrogens is 1. The van der Waals surface area contributed by atoms with Gasteiger partial charge in [0.15, 0.2) is 0 Å². The Hall–Kier alpha value is -2.11. The van der Waals surface area contributed by atoms with Crippen LogP contribution in [0.3, 0.4) is 0 Å². The molecule has 1 amide bonds. The number of amides is 1. The van der Waals surface area contributed by atoms with E-state index in [1.165, 1.54) is 18.3 Å². The lowest BCUT2D eigenvalue weighted by molar-refractivity contribution is -0.137. The van der Waals surface area contributed by atoms with E-state index in [4.69, 9.17) is 5.11 Å². The molecule has 18 heavy (non-hydrogen) atoms. The molecule has 1 heterocycles. The number of hydrogen-bond acceptors (Lipinski definition) is 3. The van der Waals surface area contributed by atoms with Gasteiger partial charge < -0.3 is 15.4 Å². The molecule has 6 heteroatoms. The summed E-state index contributed by atoms with van der Waals surface area (Å²) < 4.78 is 0. The Bertz CT molecular complexity index is 481. The van der Waals surface area contributed by atoms with Crippen LogP contribution in [0.4, 0.5) is 0 Å². The normalized spacial score (nSPS) is 11.8. The molecule has 0 aliphatic heterocycles. The lowest BCUT2D eigenvalue weighted by Crippen LogP contribution is -2.36. The van der Waals surface area contributed by atoms with Gasteiger partial charge in [-0.3, -0.25) is 14.4 Å². The average molecular weight is 252 g/mol. The first kappa shape index (κ1) is 14.0. The summed E-state index contributed by atoms with van der Waals surface area (Å²) in [4.78, 5) is 35.9. The summed E-state index contributed by atoms with van der Waals surface area (Å²) in [5, 5.41) is 11.4. The Morgan fingerprint density at radius 3 is 2.78 bits per heavy atom. The predicted molar refractivity (Wildman–Crippen MR) is 65.5 cm³/mol. The number of carbonyl (C=O) groups excluding carboxylic acids is 1. The summed E-state index contributed by atoms with van der Waals surface area (Å²) in [6, 6.07) is 2.24. The maximum Gasteiger partial charge on any atom is 0.305 e. The Labute approximate surface area is 104 Å². The highest BCUT2D eigenvalue weighted by molar-refractivity contribution is 5.94. The summed E-state index contributed by atoms with van der Waals surface area (Å²) in [5.74, 6) is -1.39. The van der Waals surface area contributed by atoms with E-state index in [0.29, 0.717) is 6.42 Å². The van der Waals surface area contributed by atoms with Crippen molar-refractivity contribution in [2.45, 2.75) is 32.2 Å². The summed E-state index contributed by atoms with van der Waals surface area (Å²) >= 11 is 0. The monoisotopic (exact) mass is 252 g/mol. The molecule has 0 saturated heterocycles. The van der Waals surface area contributed by atoms with Gasteiger partial charge >= 0.3 is 5.97 Å². The highest BCUT2D eigenvalue weighted by atomic mass is 16.4. The first-order valence-electron chi connectivity index (χ1n) is 5.74. The number of H-pyrrole nitrogens is 1. The van der Waals surface area contributed by atoms with Gasteiger partial charge in [0.05, 0.1) is 6.42 Å². The molecular weight excluding hydrogens is 236 g/mol. The molecule has 1 aromatic rings. The number of carbonyl (C=O) groups is 2. The Morgan fingerprint density at radius 2 is 2.22 bits per heavy atom. The van der Waals surface area contributed by atoms with E-state index >= 15 is 0 Å². The average Bonchev–Trinajstić information content (AvgIpc) is 2.28. The molecule has 0 aliphatic rings. The molecule has 0 saturated carbocycles. The van der Waals surface area contributed by atoms with Crippen molar-refractivity contribution in [2.24, 2.45) is 0 Å². The summed E-state index contributed by atoms with van der Waals surface area (Å²) in [5.41, 5.74) is -0.141. The van der Waals surface area contributed by atoms with Crippen molar-refractivity contribution in [1.82, 2.24) is 10.3 Å². The second-order valence-electron chi connectivity index (χ2n) is 4.00. The minimum atomic E-state index is -0.959. The van der Waals surface area contributed by atoms with Crippen molar-refractivity contribution in [3.8, 4) is 0 Å². The van der Waals surface area contributed by atoms with Crippen LogP contribution in [0.25, 0.3) is 0 Å². The number of carboxylic acids is 1. The zero-order valence-corrected chi connectivity index (χ0v) is 10.1. The molecule has 0 fully saturated rings. The largest absolute Gasteiger partial charge is 0.481 e. The highest BCUT2D eigenvalue weighted by Crippen LogP contribution is 2.04. The number of pyridine rings is 1. The Morgan fingerprint density at radius 1 is 1.50 bits per heavy atom. The van der Waals surface area contributed by atoms with Gasteiger partial charge in [0.25, 0.3) is 5.91 Å². The van der Waals surface area contributed by atoms with Gasteiger partial charge in [-0.05, 0) is 12.5 Å². The van der Waals surface area contributed by atoms with E-state index in [9.17, 15) is 14.4 Å². The minimum Gasteiger partial charge on any atom is -0.481 e. The molecule has 0 radical (unpaired) electrons. The zero-order valence-electron chi connectivity index (χ0n) is 10.1. The van der Waals surface area contributed by atoms with Crippen LogP contribution < -0.4 is 10.9 Å². The van der Waals surface area contributed by atoms with E-state index < -0.39 is 17.9 Å². The fourth-order valence-corrected chi connectivity index (χ4v) is 1.64. The maximum atomic E-state index is 11.8. The van der Waals surface area contributed by atoms with E-state index in [-0.39, 0.29) is 17.5 Å². The standard InChI is InChI=1S/C12H16N2O4/c1-2-3-9(7-11(16)17)14-12(18)8-4-5-13-10(15)6-8/h4-6,9H,2-3,7H2,1H3,(H,13,15)(H,14,18)(H,16,17). The molecule has 1 aromatic heterocycles. The van der Waals surface area contributed by atoms with Gasteiger partial charge in [-0.25, -0.2) is 0 Å². The predicted octanol–water partition coefficient (Wildman–Crippen LogP) is 0.748. The molecule has 1 atom stereocenters. The minimum absolute atomic E-state index is 0.122. The van der Waals surface area contributed by atoms with Gasteiger partial charge in [-0.1, -0.05) is 13.3 Å².